The molecule has 5 heterocycles. The smallest absolute Gasteiger partial charge is 0.410 e. The van der Waals surface area contributed by atoms with Crippen LogP contribution >= 0.6 is 11.3 Å². The first kappa shape index (κ1) is 31.2. The molecule has 0 aliphatic carbocycles. The van der Waals surface area contributed by atoms with E-state index in [1.54, 1.807) is 21.1 Å². The van der Waals surface area contributed by atoms with Gasteiger partial charge in [-0.15, -0.1) is 11.3 Å². The average Bonchev–Trinajstić information content (AvgIpc) is 3.82. The van der Waals surface area contributed by atoms with Crippen LogP contribution in [0, 0.1) is 0 Å². The molecular formula is C35H41N7O4S. The normalized spacial score (nSPS) is 18.9. The van der Waals surface area contributed by atoms with Gasteiger partial charge in [0.1, 0.15) is 27.9 Å². The van der Waals surface area contributed by atoms with Crippen molar-refractivity contribution in [2.24, 2.45) is 0 Å². The van der Waals surface area contributed by atoms with Crippen LogP contribution in [0.2, 0.25) is 0 Å². The summed E-state index contributed by atoms with van der Waals surface area (Å²) in [4.78, 5) is 50.5. The van der Waals surface area contributed by atoms with Crippen LogP contribution in [0.5, 0.6) is 0 Å². The van der Waals surface area contributed by atoms with Gasteiger partial charge in [-0.3, -0.25) is 9.80 Å². The fourth-order valence-electron chi connectivity index (χ4n) is 6.45. The third-order valence-electron chi connectivity index (χ3n) is 8.50. The van der Waals surface area contributed by atoms with E-state index in [9.17, 15) is 9.59 Å². The quantitative estimate of drug-likeness (QED) is 0.199. The third kappa shape index (κ3) is 6.30. The number of hydrogen-bond donors (Lipinski definition) is 2. The van der Waals surface area contributed by atoms with Crippen LogP contribution in [0.4, 0.5) is 9.59 Å². The number of ether oxygens (including phenoxy) is 2. The largest absolute Gasteiger partial charge is 0.444 e. The summed E-state index contributed by atoms with van der Waals surface area (Å²) in [7, 11) is 0. The Morgan fingerprint density at radius 1 is 0.809 bits per heavy atom. The van der Waals surface area contributed by atoms with Gasteiger partial charge in [-0.05, 0) is 84.7 Å². The number of nitrogens with one attached hydrogen (secondary N) is 2. The van der Waals surface area contributed by atoms with Crippen molar-refractivity contribution in [3.8, 4) is 22.0 Å². The number of aromatic nitrogens is 5. The lowest BCUT2D eigenvalue weighted by atomic mass is 10.0. The second-order valence-electron chi connectivity index (χ2n) is 14.4. The number of benzene rings is 2. The van der Waals surface area contributed by atoms with Crippen molar-refractivity contribution in [3.63, 3.8) is 0 Å². The molecule has 2 saturated heterocycles. The Morgan fingerprint density at radius 3 is 1.98 bits per heavy atom. The van der Waals surface area contributed by atoms with Crippen LogP contribution in [0.1, 0.15) is 91.0 Å². The summed E-state index contributed by atoms with van der Waals surface area (Å²) in [6, 6.07) is 10.3. The van der Waals surface area contributed by atoms with Crippen LogP contribution in [0.15, 0.2) is 42.7 Å². The highest BCUT2D eigenvalue weighted by Crippen LogP contribution is 2.38. The van der Waals surface area contributed by atoms with Gasteiger partial charge < -0.3 is 19.4 Å². The predicted molar refractivity (Wildman–Crippen MR) is 182 cm³/mol. The number of H-pyrrole nitrogens is 2. The summed E-state index contributed by atoms with van der Waals surface area (Å²) >= 11 is 1.61. The van der Waals surface area contributed by atoms with Crippen molar-refractivity contribution in [1.82, 2.24) is 34.7 Å². The van der Waals surface area contributed by atoms with E-state index in [1.807, 2.05) is 53.9 Å². The highest BCUT2D eigenvalue weighted by Gasteiger charge is 2.36. The number of likely N-dealkylation sites (tertiary alicyclic amines) is 2. The molecule has 3 aromatic heterocycles. The maximum atomic E-state index is 12.8. The maximum Gasteiger partial charge on any atom is 0.410 e. The molecule has 246 valence electrons. The fourth-order valence-corrected chi connectivity index (χ4v) is 7.40. The Balaban J connectivity index is 1.11. The molecule has 0 bridgehead atoms. The van der Waals surface area contributed by atoms with E-state index in [-0.39, 0.29) is 24.3 Å². The number of carbonyl (C=O) groups excluding carboxylic acids is 2. The van der Waals surface area contributed by atoms with E-state index in [0.29, 0.717) is 13.1 Å². The van der Waals surface area contributed by atoms with Crippen molar-refractivity contribution in [2.75, 3.05) is 13.1 Å². The lowest BCUT2D eigenvalue weighted by molar-refractivity contribution is 0.0208. The molecule has 12 heteroatoms. The zero-order valence-electron chi connectivity index (χ0n) is 27.7. The van der Waals surface area contributed by atoms with Gasteiger partial charge in [0, 0.05) is 24.0 Å². The standard InChI is InChI=1S/C35H41N7O4S/c1-34(2,3)45-32(43)41-15-7-9-25(41)29-36-18-23(38-29)21-11-13-22-20(17-21)12-14-27-28(22)40-31(47-27)24-19-37-30(39-24)26-10-8-16-42(26)33(44)46-35(4,5)6/h11-14,17-19,25-26H,7-10,15-16H2,1-6H3,(H,36,38)(H,37,39)/t25-,26-/m0/s1. The average molecular weight is 656 g/mol. The summed E-state index contributed by atoms with van der Waals surface area (Å²) in [6.45, 7) is 12.6. The predicted octanol–water partition coefficient (Wildman–Crippen LogP) is 8.37. The molecule has 2 N–H and O–H groups in total. The molecule has 2 amide bonds. The van der Waals surface area contributed by atoms with E-state index in [1.165, 1.54) is 0 Å². The lowest BCUT2D eigenvalue weighted by Crippen LogP contribution is -2.36. The Bertz CT molecular complexity index is 1960. The van der Waals surface area contributed by atoms with Gasteiger partial charge >= 0.3 is 12.2 Å². The number of amides is 2. The third-order valence-corrected chi connectivity index (χ3v) is 9.55. The van der Waals surface area contributed by atoms with E-state index < -0.39 is 11.2 Å². The van der Waals surface area contributed by atoms with Gasteiger partial charge in [-0.1, -0.05) is 18.2 Å². The number of thiazole rings is 1. The highest BCUT2D eigenvalue weighted by atomic mass is 32.1. The van der Waals surface area contributed by atoms with E-state index >= 15 is 0 Å². The number of fused-ring (bicyclic) bond motifs is 3. The number of aromatic amines is 2. The number of carbonyl (C=O) groups is 2. The van der Waals surface area contributed by atoms with Gasteiger partial charge in [0.15, 0.2) is 0 Å². The van der Waals surface area contributed by atoms with Crippen LogP contribution in [-0.4, -0.2) is 71.2 Å². The summed E-state index contributed by atoms with van der Waals surface area (Å²) in [5, 5.41) is 2.98. The lowest BCUT2D eigenvalue weighted by Gasteiger charge is -2.27. The summed E-state index contributed by atoms with van der Waals surface area (Å²) in [6.07, 6.45) is 6.52. The molecule has 0 radical (unpaired) electrons. The second kappa shape index (κ2) is 11.7. The first-order valence-electron chi connectivity index (χ1n) is 16.3. The van der Waals surface area contributed by atoms with Crippen molar-refractivity contribution in [3.05, 3.63) is 54.4 Å². The minimum atomic E-state index is -0.551. The number of hydrogen-bond acceptors (Lipinski definition) is 8. The Hall–Kier alpha value is -4.45. The Kier molecular flexibility index (Phi) is 7.73. The Morgan fingerprint density at radius 2 is 1.38 bits per heavy atom. The molecule has 2 atom stereocenters. The SMILES string of the molecule is CC(C)(C)OC(=O)N1CCC[C@H]1c1ncc(-c2ccc3c(ccc4sc(-c5cnc([C@@H]6CCCN6C(=O)OC(C)(C)C)[nH]5)nc43)c2)[nH]1. The van der Waals surface area contributed by atoms with Crippen LogP contribution in [0.25, 0.3) is 42.9 Å². The summed E-state index contributed by atoms with van der Waals surface area (Å²) in [5.41, 5.74) is 2.58. The molecule has 0 spiro atoms. The van der Waals surface area contributed by atoms with Crippen LogP contribution < -0.4 is 0 Å². The molecule has 2 fully saturated rings. The minimum Gasteiger partial charge on any atom is -0.444 e. The Labute approximate surface area is 277 Å². The fraction of sp³-hybridized carbons (Fsp3) is 0.457. The number of imidazole rings is 2. The molecule has 2 aliphatic rings. The van der Waals surface area contributed by atoms with Crippen LogP contribution in [-0.2, 0) is 9.47 Å². The van der Waals surface area contributed by atoms with Crippen molar-refractivity contribution in [2.45, 2.75) is 90.5 Å². The van der Waals surface area contributed by atoms with Crippen molar-refractivity contribution < 1.29 is 19.1 Å². The topological polar surface area (TPSA) is 129 Å². The first-order valence-corrected chi connectivity index (χ1v) is 17.1. The van der Waals surface area contributed by atoms with Crippen molar-refractivity contribution in [1.29, 1.82) is 0 Å². The zero-order valence-corrected chi connectivity index (χ0v) is 28.5. The van der Waals surface area contributed by atoms with Gasteiger partial charge in [0.25, 0.3) is 0 Å². The molecule has 2 aromatic carbocycles. The molecule has 2 aliphatic heterocycles. The summed E-state index contributed by atoms with van der Waals surface area (Å²) in [5.74, 6) is 1.52. The van der Waals surface area contributed by atoms with Gasteiger partial charge in [0.05, 0.1) is 46.1 Å². The molecule has 0 unspecified atom stereocenters. The molecule has 11 nitrogen and oxygen atoms in total. The van der Waals surface area contributed by atoms with E-state index in [2.05, 4.69) is 50.3 Å². The highest BCUT2D eigenvalue weighted by molar-refractivity contribution is 7.21. The molecular weight excluding hydrogens is 614 g/mol. The molecule has 47 heavy (non-hydrogen) atoms. The summed E-state index contributed by atoms with van der Waals surface area (Å²) < 4.78 is 12.4. The number of nitrogens with zero attached hydrogens (tertiary/aromatic N) is 5. The molecule has 7 rings (SSSR count). The van der Waals surface area contributed by atoms with Crippen LogP contribution in [0.3, 0.4) is 0 Å². The minimum absolute atomic E-state index is 0.135. The van der Waals surface area contributed by atoms with Gasteiger partial charge in [-0.2, -0.15) is 0 Å². The van der Waals surface area contributed by atoms with Gasteiger partial charge in [0.2, 0.25) is 0 Å². The zero-order chi connectivity index (χ0) is 33.1. The van der Waals surface area contributed by atoms with Crippen molar-refractivity contribution >= 4 is 44.5 Å². The maximum absolute atomic E-state index is 12.8. The monoisotopic (exact) mass is 655 g/mol. The van der Waals surface area contributed by atoms with E-state index in [4.69, 9.17) is 14.5 Å². The molecule has 5 aromatic rings. The number of rotatable bonds is 4. The first-order chi connectivity index (χ1) is 22.3. The second-order valence-corrected chi connectivity index (χ2v) is 15.4. The van der Waals surface area contributed by atoms with Gasteiger partial charge in [-0.25, -0.2) is 24.5 Å². The molecule has 0 saturated carbocycles. The van der Waals surface area contributed by atoms with E-state index in [0.717, 1.165) is 80.3 Å².